The molecule has 2 amide bonds. The van der Waals surface area contributed by atoms with Crippen molar-refractivity contribution in [3.05, 3.63) is 81.8 Å². The van der Waals surface area contributed by atoms with E-state index in [-0.39, 0.29) is 24.0 Å². The van der Waals surface area contributed by atoms with Crippen LogP contribution in [0.3, 0.4) is 0 Å². The van der Waals surface area contributed by atoms with Crippen LogP contribution in [-0.4, -0.2) is 40.0 Å². The Hall–Kier alpha value is -3.59. The molecule has 1 aliphatic rings. The van der Waals surface area contributed by atoms with Gasteiger partial charge in [0.1, 0.15) is 0 Å². The largest absolute Gasteiger partial charge is 0.463 e. The van der Waals surface area contributed by atoms with Gasteiger partial charge in [-0.1, -0.05) is 54.2 Å². The molecule has 0 saturated carbocycles. The SMILES string of the molecule is CCOC(=O)C1=C(CSc2nc3ccccc3c(=O)n2CCCc2ccccc2)NC(=O)NC1C. The van der Waals surface area contributed by atoms with Crippen LogP contribution in [0.15, 0.2) is 75.8 Å². The summed E-state index contributed by atoms with van der Waals surface area (Å²) in [5, 5.41) is 6.53. The number of thioether (sulfide) groups is 1. The fraction of sp³-hybridized carbons (Fsp3) is 0.308. The minimum Gasteiger partial charge on any atom is -0.463 e. The lowest BCUT2D eigenvalue weighted by atomic mass is 10.1. The average molecular weight is 493 g/mol. The van der Waals surface area contributed by atoms with Gasteiger partial charge in [0.25, 0.3) is 5.56 Å². The molecule has 0 radical (unpaired) electrons. The van der Waals surface area contributed by atoms with Gasteiger partial charge in [0.2, 0.25) is 0 Å². The summed E-state index contributed by atoms with van der Waals surface area (Å²) in [5.41, 5.74) is 2.55. The third-order valence-electron chi connectivity index (χ3n) is 5.73. The van der Waals surface area contributed by atoms with E-state index in [1.807, 2.05) is 36.4 Å². The van der Waals surface area contributed by atoms with Gasteiger partial charge in [-0.15, -0.1) is 0 Å². The molecular weight excluding hydrogens is 464 g/mol. The molecule has 2 N–H and O–H groups in total. The Bertz CT molecular complexity index is 1320. The second-order valence-corrected chi connectivity index (χ2v) is 9.12. The smallest absolute Gasteiger partial charge is 0.337 e. The van der Waals surface area contributed by atoms with Crippen LogP contribution in [0.4, 0.5) is 4.79 Å². The van der Waals surface area contributed by atoms with Crippen LogP contribution in [0.25, 0.3) is 10.9 Å². The molecule has 1 aromatic heterocycles. The van der Waals surface area contributed by atoms with Crippen molar-refractivity contribution in [2.24, 2.45) is 0 Å². The molecule has 2 aromatic carbocycles. The fourth-order valence-electron chi connectivity index (χ4n) is 4.07. The number of carbonyl (C=O) groups excluding carboxylic acids is 2. The topological polar surface area (TPSA) is 102 Å². The lowest BCUT2D eigenvalue weighted by molar-refractivity contribution is -0.138. The van der Waals surface area contributed by atoms with E-state index in [1.165, 1.54) is 17.3 Å². The van der Waals surface area contributed by atoms with Crippen LogP contribution in [0, 0.1) is 0 Å². The highest BCUT2D eigenvalue weighted by molar-refractivity contribution is 7.99. The van der Waals surface area contributed by atoms with Gasteiger partial charge in [0.05, 0.1) is 29.1 Å². The molecular formula is C26H28N4O4S. The molecule has 4 rings (SSSR count). The summed E-state index contributed by atoms with van der Waals surface area (Å²) >= 11 is 1.32. The van der Waals surface area contributed by atoms with Crippen molar-refractivity contribution in [2.75, 3.05) is 12.4 Å². The third kappa shape index (κ3) is 5.74. The summed E-state index contributed by atoms with van der Waals surface area (Å²) in [4.78, 5) is 42.8. The standard InChI is InChI=1S/C26H28N4O4S/c1-3-34-24(32)22-17(2)27-25(33)28-21(22)16-35-26-29-20-14-8-7-13-19(20)23(31)30(26)15-9-12-18-10-5-4-6-11-18/h4-8,10-11,13-14,17H,3,9,12,15-16H2,1-2H3,(H2,27,28,33). The van der Waals surface area contributed by atoms with Gasteiger partial charge < -0.3 is 15.4 Å². The van der Waals surface area contributed by atoms with Crippen LogP contribution in [0.2, 0.25) is 0 Å². The Kier molecular flexibility index (Phi) is 7.87. The number of ether oxygens (including phenoxy) is 1. The van der Waals surface area contributed by atoms with Crippen LogP contribution in [0.5, 0.6) is 0 Å². The number of aromatic nitrogens is 2. The van der Waals surface area contributed by atoms with Crippen LogP contribution in [-0.2, 0) is 22.5 Å². The van der Waals surface area contributed by atoms with Gasteiger partial charge in [-0.3, -0.25) is 9.36 Å². The molecule has 1 atom stereocenters. The van der Waals surface area contributed by atoms with Gasteiger partial charge in [-0.25, -0.2) is 14.6 Å². The quantitative estimate of drug-likeness (QED) is 0.269. The molecule has 35 heavy (non-hydrogen) atoms. The van der Waals surface area contributed by atoms with Crippen molar-refractivity contribution < 1.29 is 14.3 Å². The molecule has 0 aliphatic carbocycles. The van der Waals surface area contributed by atoms with Crippen molar-refractivity contribution in [1.29, 1.82) is 0 Å². The summed E-state index contributed by atoms with van der Waals surface area (Å²) in [5.74, 6) is -0.218. The molecule has 9 heteroatoms. The minimum absolute atomic E-state index is 0.103. The Labute approximate surface area is 207 Å². The summed E-state index contributed by atoms with van der Waals surface area (Å²) < 4.78 is 6.88. The number of carbonyl (C=O) groups is 2. The Morgan fingerprint density at radius 2 is 1.86 bits per heavy atom. The number of esters is 1. The molecule has 182 valence electrons. The van der Waals surface area contributed by atoms with E-state index in [4.69, 9.17) is 9.72 Å². The maximum atomic E-state index is 13.3. The predicted molar refractivity (Wildman–Crippen MR) is 136 cm³/mol. The minimum atomic E-state index is -0.490. The number of aryl methyl sites for hydroxylation is 1. The van der Waals surface area contributed by atoms with Crippen LogP contribution in [0.1, 0.15) is 25.8 Å². The molecule has 8 nitrogen and oxygen atoms in total. The summed E-state index contributed by atoms with van der Waals surface area (Å²) in [7, 11) is 0. The first-order valence-corrected chi connectivity index (χ1v) is 12.6. The first-order chi connectivity index (χ1) is 17.0. The third-order valence-corrected chi connectivity index (χ3v) is 6.73. The molecule has 3 aromatic rings. The first-order valence-electron chi connectivity index (χ1n) is 11.6. The maximum absolute atomic E-state index is 13.3. The van der Waals surface area contributed by atoms with Crippen molar-refractivity contribution in [3.8, 4) is 0 Å². The molecule has 2 heterocycles. The summed E-state index contributed by atoms with van der Waals surface area (Å²) in [6.07, 6.45) is 1.60. The lowest BCUT2D eigenvalue weighted by Crippen LogP contribution is -2.49. The summed E-state index contributed by atoms with van der Waals surface area (Å²) in [6.45, 7) is 4.21. The second-order valence-electron chi connectivity index (χ2n) is 8.18. The highest BCUT2D eigenvalue weighted by Crippen LogP contribution is 2.24. The predicted octanol–water partition coefficient (Wildman–Crippen LogP) is 3.64. The monoisotopic (exact) mass is 492 g/mol. The average Bonchev–Trinajstić information content (AvgIpc) is 2.84. The molecule has 0 saturated heterocycles. The number of amides is 2. The zero-order valence-electron chi connectivity index (χ0n) is 19.7. The number of para-hydroxylation sites is 1. The van der Waals surface area contributed by atoms with Gasteiger partial charge in [-0.05, 0) is 44.4 Å². The van der Waals surface area contributed by atoms with Crippen molar-refractivity contribution in [2.45, 2.75) is 44.4 Å². The normalized spacial score (nSPS) is 15.6. The van der Waals surface area contributed by atoms with Crippen LogP contribution < -0.4 is 16.2 Å². The molecule has 0 spiro atoms. The number of fused-ring (bicyclic) bond motifs is 1. The van der Waals surface area contributed by atoms with Gasteiger partial charge in [-0.2, -0.15) is 0 Å². The van der Waals surface area contributed by atoms with E-state index in [2.05, 4.69) is 22.8 Å². The number of urea groups is 1. The second kappa shape index (κ2) is 11.2. The van der Waals surface area contributed by atoms with Gasteiger partial charge >= 0.3 is 12.0 Å². The van der Waals surface area contributed by atoms with E-state index < -0.39 is 12.0 Å². The molecule has 1 aliphatic heterocycles. The number of hydrogen-bond donors (Lipinski definition) is 2. The number of hydrogen-bond acceptors (Lipinski definition) is 6. The molecule has 1 unspecified atom stereocenters. The Balaban J connectivity index is 1.63. The zero-order valence-corrected chi connectivity index (χ0v) is 20.6. The van der Waals surface area contributed by atoms with E-state index >= 15 is 0 Å². The zero-order chi connectivity index (χ0) is 24.8. The number of nitrogens with zero attached hydrogens (tertiary/aromatic N) is 2. The lowest BCUT2D eigenvalue weighted by Gasteiger charge is -2.26. The summed E-state index contributed by atoms with van der Waals surface area (Å²) in [6, 6.07) is 16.5. The van der Waals surface area contributed by atoms with Crippen molar-refractivity contribution in [3.63, 3.8) is 0 Å². The van der Waals surface area contributed by atoms with Crippen LogP contribution >= 0.6 is 11.8 Å². The molecule has 0 bridgehead atoms. The van der Waals surface area contributed by atoms with E-state index in [9.17, 15) is 14.4 Å². The molecule has 0 fully saturated rings. The van der Waals surface area contributed by atoms with E-state index in [1.54, 1.807) is 24.5 Å². The van der Waals surface area contributed by atoms with E-state index in [0.717, 1.165) is 12.8 Å². The number of rotatable bonds is 9. The first kappa shape index (κ1) is 24.5. The van der Waals surface area contributed by atoms with Gasteiger partial charge in [0, 0.05) is 18.0 Å². The van der Waals surface area contributed by atoms with Crippen molar-refractivity contribution >= 4 is 34.7 Å². The highest BCUT2D eigenvalue weighted by atomic mass is 32.2. The fourth-order valence-corrected chi connectivity index (χ4v) is 5.07. The van der Waals surface area contributed by atoms with Gasteiger partial charge in [0.15, 0.2) is 5.16 Å². The van der Waals surface area contributed by atoms with E-state index in [0.29, 0.717) is 33.9 Å². The number of nitrogens with one attached hydrogen (secondary N) is 2. The highest BCUT2D eigenvalue weighted by Gasteiger charge is 2.30. The maximum Gasteiger partial charge on any atom is 0.337 e. The number of benzene rings is 2. The van der Waals surface area contributed by atoms with Crippen molar-refractivity contribution in [1.82, 2.24) is 20.2 Å². The Morgan fingerprint density at radius 1 is 1.11 bits per heavy atom. The Morgan fingerprint density at radius 3 is 2.63 bits per heavy atom.